The monoisotopic (exact) mass is 351 g/mol. The quantitative estimate of drug-likeness (QED) is 0.919. The molecule has 5 heteroatoms. The molecule has 0 aromatic heterocycles. The number of anilines is 1. The minimum atomic E-state index is 0.0538. The highest BCUT2D eigenvalue weighted by Gasteiger charge is 2.24. The van der Waals surface area contributed by atoms with E-state index in [4.69, 9.17) is 4.74 Å². The van der Waals surface area contributed by atoms with Crippen molar-refractivity contribution in [3.63, 3.8) is 0 Å². The number of carbonyl (C=O) groups excluding carboxylic acids is 1. The number of nitrogens with zero attached hydrogens (tertiary/aromatic N) is 2. The van der Waals surface area contributed by atoms with Crippen LogP contribution in [0.2, 0.25) is 0 Å². The van der Waals surface area contributed by atoms with E-state index in [-0.39, 0.29) is 11.9 Å². The minimum absolute atomic E-state index is 0.0538. The highest BCUT2D eigenvalue weighted by atomic mass is 16.5. The summed E-state index contributed by atoms with van der Waals surface area (Å²) in [7, 11) is 0. The van der Waals surface area contributed by atoms with Crippen LogP contribution >= 0.6 is 0 Å². The first-order chi connectivity index (χ1) is 12.8. The van der Waals surface area contributed by atoms with E-state index in [0.717, 1.165) is 43.9 Å². The van der Waals surface area contributed by atoms with Crippen LogP contribution in [0.15, 0.2) is 54.6 Å². The smallest absolute Gasteiger partial charge is 0.234 e. The van der Waals surface area contributed by atoms with E-state index in [0.29, 0.717) is 13.2 Å². The number of nitrogens with one attached hydrogen (secondary N) is 1. The number of piperazine rings is 1. The first-order valence-corrected chi connectivity index (χ1v) is 9.33. The van der Waals surface area contributed by atoms with Crippen molar-refractivity contribution in [1.29, 1.82) is 0 Å². The predicted octanol–water partition coefficient (Wildman–Crippen LogP) is 2.45. The second kappa shape index (κ2) is 7.79. The lowest BCUT2D eigenvalue weighted by Crippen LogP contribution is -2.50. The van der Waals surface area contributed by atoms with E-state index in [9.17, 15) is 4.79 Å². The van der Waals surface area contributed by atoms with Crippen molar-refractivity contribution in [2.24, 2.45) is 0 Å². The fourth-order valence-electron chi connectivity index (χ4n) is 3.74. The predicted molar refractivity (Wildman–Crippen MR) is 103 cm³/mol. The van der Waals surface area contributed by atoms with Crippen LogP contribution in [0, 0.1) is 0 Å². The SMILES string of the molecule is O=C(CN1CCN(c2ccccc2)CC1)NC1CCOc2ccccc21. The van der Waals surface area contributed by atoms with Gasteiger partial charge in [0.15, 0.2) is 0 Å². The van der Waals surface area contributed by atoms with Crippen molar-refractivity contribution >= 4 is 11.6 Å². The van der Waals surface area contributed by atoms with Gasteiger partial charge in [-0.15, -0.1) is 0 Å². The van der Waals surface area contributed by atoms with Crippen molar-refractivity contribution in [3.05, 3.63) is 60.2 Å². The Morgan fingerprint density at radius 1 is 1.00 bits per heavy atom. The molecule has 4 rings (SSSR count). The molecule has 1 atom stereocenters. The second-order valence-corrected chi connectivity index (χ2v) is 6.89. The summed E-state index contributed by atoms with van der Waals surface area (Å²) < 4.78 is 5.67. The van der Waals surface area contributed by atoms with Gasteiger partial charge in [-0.05, 0) is 18.2 Å². The molecule has 0 aliphatic carbocycles. The zero-order valence-corrected chi connectivity index (χ0v) is 14.9. The zero-order valence-electron chi connectivity index (χ0n) is 14.9. The second-order valence-electron chi connectivity index (χ2n) is 6.89. The third-order valence-corrected chi connectivity index (χ3v) is 5.15. The molecule has 2 heterocycles. The maximum Gasteiger partial charge on any atom is 0.234 e. The van der Waals surface area contributed by atoms with Gasteiger partial charge in [0.05, 0.1) is 19.2 Å². The van der Waals surface area contributed by atoms with Gasteiger partial charge in [-0.2, -0.15) is 0 Å². The first-order valence-electron chi connectivity index (χ1n) is 9.33. The fourth-order valence-corrected chi connectivity index (χ4v) is 3.74. The van der Waals surface area contributed by atoms with Crippen molar-refractivity contribution in [1.82, 2.24) is 10.2 Å². The average Bonchev–Trinajstić information content (AvgIpc) is 2.69. The minimum Gasteiger partial charge on any atom is -0.493 e. The van der Waals surface area contributed by atoms with Crippen molar-refractivity contribution in [2.75, 3.05) is 44.2 Å². The molecule has 0 spiro atoms. The van der Waals surface area contributed by atoms with E-state index in [1.807, 2.05) is 30.3 Å². The van der Waals surface area contributed by atoms with E-state index in [2.05, 4.69) is 39.4 Å². The maximum absolute atomic E-state index is 12.5. The van der Waals surface area contributed by atoms with E-state index < -0.39 is 0 Å². The Morgan fingerprint density at radius 3 is 2.54 bits per heavy atom. The largest absolute Gasteiger partial charge is 0.493 e. The molecule has 2 aromatic carbocycles. The Labute approximate surface area is 154 Å². The highest BCUT2D eigenvalue weighted by Crippen LogP contribution is 2.31. The summed E-state index contributed by atoms with van der Waals surface area (Å²) in [6, 6.07) is 18.5. The Morgan fingerprint density at radius 2 is 1.73 bits per heavy atom. The summed E-state index contributed by atoms with van der Waals surface area (Å²) in [6.07, 6.45) is 0.824. The summed E-state index contributed by atoms with van der Waals surface area (Å²) in [5.41, 5.74) is 2.34. The number of benzene rings is 2. The molecule has 26 heavy (non-hydrogen) atoms. The Hall–Kier alpha value is -2.53. The first kappa shape index (κ1) is 16.9. The molecule has 0 radical (unpaired) electrons. The van der Waals surface area contributed by atoms with Crippen LogP contribution in [0.5, 0.6) is 5.75 Å². The Balaban J connectivity index is 1.29. The van der Waals surface area contributed by atoms with Crippen LogP contribution in [0.1, 0.15) is 18.0 Å². The highest BCUT2D eigenvalue weighted by molar-refractivity contribution is 5.78. The fraction of sp³-hybridized carbons (Fsp3) is 0.381. The van der Waals surface area contributed by atoms with Crippen molar-refractivity contribution in [2.45, 2.75) is 12.5 Å². The van der Waals surface area contributed by atoms with Crippen molar-refractivity contribution < 1.29 is 9.53 Å². The summed E-state index contributed by atoms with van der Waals surface area (Å²) in [5, 5.41) is 3.19. The number of ether oxygens (including phenoxy) is 1. The van der Waals surface area contributed by atoms with Gasteiger partial charge in [-0.3, -0.25) is 9.69 Å². The lowest BCUT2D eigenvalue weighted by molar-refractivity contribution is -0.123. The third kappa shape index (κ3) is 3.83. The summed E-state index contributed by atoms with van der Waals surface area (Å²) in [4.78, 5) is 17.1. The molecule has 1 unspecified atom stereocenters. The summed E-state index contributed by atoms with van der Waals surface area (Å²) in [6.45, 7) is 4.84. The molecule has 136 valence electrons. The van der Waals surface area contributed by atoms with Gasteiger partial charge in [0, 0.05) is 43.9 Å². The number of para-hydroxylation sites is 2. The van der Waals surface area contributed by atoms with E-state index in [1.165, 1.54) is 5.69 Å². The van der Waals surface area contributed by atoms with Crippen LogP contribution in [0.3, 0.4) is 0 Å². The van der Waals surface area contributed by atoms with Crippen LogP contribution in [0.4, 0.5) is 5.69 Å². The molecule has 1 saturated heterocycles. The average molecular weight is 351 g/mol. The molecule has 0 bridgehead atoms. The molecular weight excluding hydrogens is 326 g/mol. The van der Waals surface area contributed by atoms with E-state index >= 15 is 0 Å². The molecule has 0 saturated carbocycles. The van der Waals surface area contributed by atoms with Gasteiger partial charge in [0.25, 0.3) is 0 Å². The molecule has 2 aliphatic heterocycles. The number of hydrogen-bond acceptors (Lipinski definition) is 4. The standard InChI is InChI=1S/C21H25N3O2/c25-21(22-19-10-15-26-20-9-5-4-8-18(19)20)16-23-11-13-24(14-12-23)17-6-2-1-3-7-17/h1-9,19H,10-16H2,(H,22,25). The number of hydrogen-bond donors (Lipinski definition) is 1. The number of rotatable bonds is 4. The summed E-state index contributed by atoms with van der Waals surface area (Å²) >= 11 is 0. The van der Waals surface area contributed by atoms with E-state index in [1.54, 1.807) is 0 Å². The Bertz CT molecular complexity index is 742. The van der Waals surface area contributed by atoms with Crippen molar-refractivity contribution in [3.8, 4) is 5.75 Å². The maximum atomic E-state index is 12.5. The van der Waals surface area contributed by atoms with Gasteiger partial charge < -0.3 is 15.0 Å². The number of amides is 1. The molecule has 5 nitrogen and oxygen atoms in total. The normalized spacial score (nSPS) is 20.2. The molecule has 1 fully saturated rings. The number of fused-ring (bicyclic) bond motifs is 1. The topological polar surface area (TPSA) is 44.8 Å². The van der Waals surface area contributed by atoms with Gasteiger partial charge in [0.2, 0.25) is 5.91 Å². The lowest BCUT2D eigenvalue weighted by Gasteiger charge is -2.36. The van der Waals surface area contributed by atoms with Crippen LogP contribution in [-0.4, -0.2) is 50.1 Å². The van der Waals surface area contributed by atoms with Gasteiger partial charge in [0.1, 0.15) is 5.75 Å². The van der Waals surface area contributed by atoms with Crippen LogP contribution < -0.4 is 15.0 Å². The van der Waals surface area contributed by atoms with Crippen LogP contribution in [0.25, 0.3) is 0 Å². The van der Waals surface area contributed by atoms with Gasteiger partial charge in [-0.25, -0.2) is 0 Å². The molecule has 1 N–H and O–H groups in total. The zero-order chi connectivity index (χ0) is 17.8. The van der Waals surface area contributed by atoms with Gasteiger partial charge in [-0.1, -0.05) is 36.4 Å². The van der Waals surface area contributed by atoms with Crippen LogP contribution in [-0.2, 0) is 4.79 Å². The molecule has 2 aliphatic rings. The third-order valence-electron chi connectivity index (χ3n) is 5.15. The summed E-state index contributed by atoms with van der Waals surface area (Å²) in [5.74, 6) is 0.986. The number of carbonyl (C=O) groups is 1. The molecule has 1 amide bonds. The molecule has 2 aromatic rings. The lowest BCUT2D eigenvalue weighted by atomic mass is 10.0. The Kier molecular flexibility index (Phi) is 5.07. The molecular formula is C21H25N3O2. The van der Waals surface area contributed by atoms with Gasteiger partial charge >= 0.3 is 0 Å².